The third-order valence-corrected chi connectivity index (χ3v) is 3.44. The van der Waals surface area contributed by atoms with Crippen LogP contribution in [0.15, 0.2) is 28.9 Å². The van der Waals surface area contributed by atoms with E-state index < -0.39 is 11.4 Å². The molecule has 3 nitrogen and oxygen atoms in total. The van der Waals surface area contributed by atoms with E-state index in [0.29, 0.717) is 24.0 Å². The molecule has 0 aliphatic heterocycles. The van der Waals surface area contributed by atoms with Crippen LogP contribution in [0.3, 0.4) is 0 Å². The molecule has 0 bridgehead atoms. The monoisotopic (exact) mass is 234 g/mol. The second-order valence-electron chi connectivity index (χ2n) is 4.61. The summed E-state index contributed by atoms with van der Waals surface area (Å²) in [6.45, 7) is 0. The fraction of sp³-hybridized carbons (Fsp3) is 0.308. The number of hydrogen-bond donors (Lipinski definition) is 1. The summed E-state index contributed by atoms with van der Waals surface area (Å²) in [6, 6.07) is 4.79. The zero-order chi connectivity index (χ0) is 12.0. The minimum atomic E-state index is -0.898. The smallest absolute Gasteiger partial charge is 0.304 e. The second-order valence-corrected chi connectivity index (χ2v) is 4.61. The molecule has 3 rings (SSSR count). The van der Waals surface area contributed by atoms with Gasteiger partial charge >= 0.3 is 5.97 Å². The molecule has 1 aromatic carbocycles. The van der Waals surface area contributed by atoms with Crippen molar-refractivity contribution in [2.45, 2.75) is 24.7 Å². The first-order valence-corrected chi connectivity index (χ1v) is 5.50. The van der Waals surface area contributed by atoms with Gasteiger partial charge in [-0.2, -0.15) is 0 Å². The van der Waals surface area contributed by atoms with Gasteiger partial charge in [0, 0.05) is 16.4 Å². The van der Waals surface area contributed by atoms with Crippen molar-refractivity contribution in [2.75, 3.05) is 0 Å². The molecule has 1 N–H and O–H groups in total. The lowest BCUT2D eigenvalue weighted by atomic mass is 9.90. The van der Waals surface area contributed by atoms with Gasteiger partial charge in [-0.3, -0.25) is 4.79 Å². The third-order valence-electron chi connectivity index (χ3n) is 3.44. The Labute approximate surface area is 96.8 Å². The summed E-state index contributed by atoms with van der Waals surface area (Å²) in [4.78, 5) is 10.9. The molecular formula is C13H11FO3. The molecule has 0 spiro atoms. The summed E-state index contributed by atoms with van der Waals surface area (Å²) < 4.78 is 19.2. The van der Waals surface area contributed by atoms with E-state index in [9.17, 15) is 9.18 Å². The maximum atomic E-state index is 13.9. The van der Waals surface area contributed by atoms with Crippen LogP contribution in [0.2, 0.25) is 0 Å². The van der Waals surface area contributed by atoms with Crippen LogP contribution in [0, 0.1) is 5.82 Å². The predicted molar refractivity (Wildman–Crippen MR) is 59.3 cm³/mol. The van der Waals surface area contributed by atoms with Gasteiger partial charge in [0.1, 0.15) is 11.4 Å². The molecule has 1 aromatic heterocycles. The van der Waals surface area contributed by atoms with Gasteiger partial charge in [-0.25, -0.2) is 4.39 Å². The van der Waals surface area contributed by atoms with E-state index in [0.717, 1.165) is 5.39 Å². The first-order chi connectivity index (χ1) is 8.12. The van der Waals surface area contributed by atoms with Crippen molar-refractivity contribution in [2.24, 2.45) is 0 Å². The summed E-state index contributed by atoms with van der Waals surface area (Å²) in [6.07, 6.45) is 2.88. The predicted octanol–water partition coefficient (Wildman–Crippen LogP) is 3.08. The van der Waals surface area contributed by atoms with Crippen molar-refractivity contribution >= 4 is 16.9 Å². The van der Waals surface area contributed by atoms with Gasteiger partial charge in [0.05, 0.1) is 12.7 Å². The molecule has 0 amide bonds. The number of carboxylic acid groups (broad SMARTS) is 1. The van der Waals surface area contributed by atoms with Crippen molar-refractivity contribution in [3.05, 3.63) is 35.8 Å². The van der Waals surface area contributed by atoms with Crippen LogP contribution in [0.25, 0.3) is 11.0 Å². The standard InChI is InChI=1S/C13H11FO3/c14-9-2-1-8-3-6-17-12(8)11(9)13(4-5-13)7-10(15)16/h1-3,6H,4-5,7H2,(H,15,16). The maximum Gasteiger partial charge on any atom is 0.304 e. The van der Waals surface area contributed by atoms with Crippen molar-refractivity contribution in [1.82, 2.24) is 0 Å². The molecule has 1 fully saturated rings. The number of fused-ring (bicyclic) bond motifs is 1. The van der Waals surface area contributed by atoms with Crippen LogP contribution in [-0.2, 0) is 10.2 Å². The highest BCUT2D eigenvalue weighted by atomic mass is 19.1. The van der Waals surface area contributed by atoms with E-state index in [2.05, 4.69) is 0 Å². The SMILES string of the molecule is O=C(O)CC1(c2c(F)ccc3ccoc23)CC1. The largest absolute Gasteiger partial charge is 0.481 e. The van der Waals surface area contributed by atoms with Gasteiger partial charge in [0.15, 0.2) is 0 Å². The lowest BCUT2D eigenvalue weighted by Gasteiger charge is -2.14. The number of carboxylic acids is 1. The number of furan rings is 1. The Bertz CT molecular complexity index is 596. The number of carbonyl (C=O) groups is 1. The van der Waals surface area contributed by atoms with Crippen LogP contribution < -0.4 is 0 Å². The third kappa shape index (κ3) is 1.52. The van der Waals surface area contributed by atoms with Crippen LogP contribution in [0.5, 0.6) is 0 Å². The van der Waals surface area contributed by atoms with Gasteiger partial charge in [-0.15, -0.1) is 0 Å². The first-order valence-electron chi connectivity index (χ1n) is 5.50. The normalized spacial score (nSPS) is 17.2. The van der Waals surface area contributed by atoms with Gasteiger partial charge in [-0.1, -0.05) is 0 Å². The molecule has 0 atom stereocenters. The zero-order valence-electron chi connectivity index (χ0n) is 9.07. The van der Waals surface area contributed by atoms with E-state index >= 15 is 0 Å². The molecule has 1 heterocycles. The number of halogens is 1. The molecule has 0 radical (unpaired) electrons. The Morgan fingerprint density at radius 3 is 2.82 bits per heavy atom. The summed E-state index contributed by atoms with van der Waals surface area (Å²) in [5.41, 5.74) is 0.360. The Hall–Kier alpha value is -1.84. The molecular weight excluding hydrogens is 223 g/mol. The maximum absolute atomic E-state index is 13.9. The summed E-state index contributed by atoms with van der Waals surface area (Å²) >= 11 is 0. The quantitative estimate of drug-likeness (QED) is 0.887. The van der Waals surface area contributed by atoms with Crippen LogP contribution >= 0.6 is 0 Å². The van der Waals surface area contributed by atoms with Gasteiger partial charge < -0.3 is 9.52 Å². The van der Waals surface area contributed by atoms with E-state index in [1.54, 1.807) is 12.1 Å². The number of rotatable bonds is 3. The molecule has 2 aromatic rings. The molecule has 1 aliphatic rings. The van der Waals surface area contributed by atoms with E-state index in [1.165, 1.54) is 12.3 Å². The lowest BCUT2D eigenvalue weighted by molar-refractivity contribution is -0.137. The van der Waals surface area contributed by atoms with Crippen molar-refractivity contribution in [3.8, 4) is 0 Å². The molecule has 17 heavy (non-hydrogen) atoms. The molecule has 0 saturated heterocycles. The Morgan fingerprint density at radius 1 is 1.41 bits per heavy atom. The summed E-state index contributed by atoms with van der Waals surface area (Å²) in [5.74, 6) is -1.27. The van der Waals surface area contributed by atoms with Crippen molar-refractivity contribution in [1.29, 1.82) is 0 Å². The number of benzene rings is 1. The molecule has 88 valence electrons. The van der Waals surface area contributed by atoms with E-state index in [1.807, 2.05) is 0 Å². The zero-order valence-corrected chi connectivity index (χ0v) is 9.07. The number of hydrogen-bond acceptors (Lipinski definition) is 2. The highest BCUT2D eigenvalue weighted by Crippen LogP contribution is 2.53. The summed E-state index contributed by atoms with van der Waals surface area (Å²) in [5, 5.41) is 9.73. The van der Waals surface area contributed by atoms with Gasteiger partial charge in [0.25, 0.3) is 0 Å². The van der Waals surface area contributed by atoms with Gasteiger partial charge in [0.2, 0.25) is 0 Å². The minimum Gasteiger partial charge on any atom is -0.481 e. The Balaban J connectivity index is 2.19. The second kappa shape index (κ2) is 3.32. The first kappa shape index (κ1) is 10.3. The van der Waals surface area contributed by atoms with Crippen LogP contribution in [-0.4, -0.2) is 11.1 Å². The average molecular weight is 234 g/mol. The Morgan fingerprint density at radius 2 is 2.18 bits per heavy atom. The molecule has 1 saturated carbocycles. The van der Waals surface area contributed by atoms with Crippen molar-refractivity contribution < 1.29 is 18.7 Å². The molecule has 0 unspecified atom stereocenters. The lowest BCUT2D eigenvalue weighted by Crippen LogP contribution is -2.15. The molecule has 1 aliphatic carbocycles. The topological polar surface area (TPSA) is 50.4 Å². The minimum absolute atomic E-state index is 0.0380. The van der Waals surface area contributed by atoms with Crippen LogP contribution in [0.4, 0.5) is 4.39 Å². The highest BCUT2D eigenvalue weighted by Gasteiger charge is 2.49. The van der Waals surface area contributed by atoms with E-state index in [-0.39, 0.29) is 12.2 Å². The fourth-order valence-electron chi connectivity index (χ4n) is 2.46. The number of aliphatic carboxylic acids is 1. The van der Waals surface area contributed by atoms with Crippen molar-refractivity contribution in [3.63, 3.8) is 0 Å². The van der Waals surface area contributed by atoms with Gasteiger partial charge in [-0.05, 0) is 31.0 Å². The average Bonchev–Trinajstić information content (AvgIpc) is 2.87. The molecule has 4 heteroatoms. The summed E-state index contributed by atoms with van der Waals surface area (Å²) in [7, 11) is 0. The highest BCUT2D eigenvalue weighted by molar-refractivity contribution is 5.83. The Kier molecular flexibility index (Phi) is 2.02. The van der Waals surface area contributed by atoms with E-state index in [4.69, 9.17) is 9.52 Å². The van der Waals surface area contributed by atoms with Crippen LogP contribution in [0.1, 0.15) is 24.8 Å². The fourth-order valence-corrected chi connectivity index (χ4v) is 2.46.